The van der Waals surface area contributed by atoms with Gasteiger partial charge in [-0.25, -0.2) is 0 Å². The van der Waals surface area contributed by atoms with E-state index in [1.54, 1.807) is 0 Å². The molecule has 1 aromatic rings. The van der Waals surface area contributed by atoms with Gasteiger partial charge in [0.1, 0.15) is 5.75 Å². The molecule has 2 atom stereocenters. The molecule has 1 aromatic carbocycles. The van der Waals surface area contributed by atoms with Gasteiger partial charge in [-0.1, -0.05) is 43.2 Å². The van der Waals surface area contributed by atoms with E-state index in [1.807, 2.05) is 0 Å². The molecule has 2 rings (SSSR count). The van der Waals surface area contributed by atoms with Gasteiger partial charge in [0.05, 0.1) is 6.10 Å². The van der Waals surface area contributed by atoms with Crippen LogP contribution in [0.2, 0.25) is 0 Å². The maximum absolute atomic E-state index is 6.09. The fourth-order valence-corrected chi connectivity index (χ4v) is 2.74. The van der Waals surface area contributed by atoms with Crippen LogP contribution in [0, 0.1) is 12.8 Å². The van der Waals surface area contributed by atoms with Gasteiger partial charge >= 0.3 is 0 Å². The highest BCUT2D eigenvalue weighted by Crippen LogP contribution is 2.33. The maximum Gasteiger partial charge on any atom is 0.119 e. The summed E-state index contributed by atoms with van der Waals surface area (Å²) in [6, 6.07) is 8.38. The molecule has 1 heteroatoms. The number of ether oxygens (including phenoxy) is 1. The summed E-state index contributed by atoms with van der Waals surface area (Å²) in [5, 5.41) is 0. The summed E-state index contributed by atoms with van der Waals surface area (Å²) in [5.74, 6) is 1.67. The average molecular weight is 244 g/mol. The highest BCUT2D eigenvalue weighted by atomic mass is 16.5. The predicted molar refractivity (Wildman–Crippen MR) is 77.0 cm³/mol. The van der Waals surface area contributed by atoms with Crippen LogP contribution in [0.15, 0.2) is 36.4 Å². The van der Waals surface area contributed by atoms with Crippen molar-refractivity contribution in [3.8, 4) is 5.75 Å². The van der Waals surface area contributed by atoms with E-state index >= 15 is 0 Å². The summed E-state index contributed by atoms with van der Waals surface area (Å²) in [6.07, 6.45) is 6.25. The first-order chi connectivity index (χ1) is 8.69. The van der Waals surface area contributed by atoms with Crippen LogP contribution in [-0.4, -0.2) is 6.10 Å². The molecule has 0 aliphatic heterocycles. The van der Waals surface area contributed by atoms with E-state index in [1.165, 1.54) is 24.0 Å². The van der Waals surface area contributed by atoms with Crippen LogP contribution in [-0.2, 0) is 0 Å². The molecule has 0 aromatic heterocycles. The van der Waals surface area contributed by atoms with E-state index in [0.29, 0.717) is 12.0 Å². The molecule has 1 nitrogen and oxygen atoms in total. The van der Waals surface area contributed by atoms with E-state index in [2.05, 4.69) is 44.7 Å². The Balaban J connectivity index is 1.93. The second kappa shape index (κ2) is 6.08. The van der Waals surface area contributed by atoms with Gasteiger partial charge < -0.3 is 4.74 Å². The van der Waals surface area contributed by atoms with Gasteiger partial charge in [0.25, 0.3) is 0 Å². The van der Waals surface area contributed by atoms with Gasteiger partial charge in [0.15, 0.2) is 0 Å². The first-order valence-corrected chi connectivity index (χ1v) is 7.10. The monoisotopic (exact) mass is 244 g/mol. The Bertz CT molecular complexity index is 391. The molecule has 1 aliphatic carbocycles. The molecule has 0 N–H and O–H groups in total. The number of aryl methyl sites for hydroxylation is 1. The summed E-state index contributed by atoms with van der Waals surface area (Å²) in [7, 11) is 0. The zero-order valence-electron chi connectivity index (χ0n) is 11.6. The highest BCUT2D eigenvalue weighted by Gasteiger charge is 2.25. The molecule has 0 spiro atoms. The molecule has 1 saturated carbocycles. The topological polar surface area (TPSA) is 9.23 Å². The summed E-state index contributed by atoms with van der Waals surface area (Å²) >= 11 is 0. The van der Waals surface area contributed by atoms with Gasteiger partial charge in [0, 0.05) is 0 Å². The summed E-state index contributed by atoms with van der Waals surface area (Å²) < 4.78 is 6.09. The molecule has 98 valence electrons. The van der Waals surface area contributed by atoms with Crippen LogP contribution >= 0.6 is 0 Å². The third-order valence-electron chi connectivity index (χ3n) is 3.87. The lowest BCUT2D eigenvalue weighted by Gasteiger charge is -2.31. The quantitative estimate of drug-likeness (QED) is 0.685. The Kier molecular flexibility index (Phi) is 4.46. The molecular formula is C17H24O. The lowest BCUT2D eigenvalue weighted by atomic mass is 9.81. The molecular weight excluding hydrogens is 220 g/mol. The van der Waals surface area contributed by atoms with Crippen LogP contribution in [0.4, 0.5) is 0 Å². The van der Waals surface area contributed by atoms with Crippen molar-refractivity contribution in [2.75, 3.05) is 0 Å². The fourth-order valence-electron chi connectivity index (χ4n) is 2.74. The summed E-state index contributed by atoms with van der Waals surface area (Å²) in [5.41, 5.74) is 2.71. The van der Waals surface area contributed by atoms with Crippen LogP contribution in [0.3, 0.4) is 0 Å². The minimum atomic E-state index is 0.370. The lowest BCUT2D eigenvalue weighted by molar-refractivity contribution is 0.144. The van der Waals surface area contributed by atoms with Crippen molar-refractivity contribution in [3.05, 3.63) is 42.0 Å². The second-order valence-corrected chi connectivity index (χ2v) is 5.47. The number of hydrogen-bond donors (Lipinski definition) is 0. The van der Waals surface area contributed by atoms with E-state index < -0.39 is 0 Å². The van der Waals surface area contributed by atoms with Crippen LogP contribution in [0.5, 0.6) is 5.75 Å². The fraction of sp³-hybridized carbons (Fsp3) is 0.529. The molecule has 18 heavy (non-hydrogen) atoms. The Hall–Kier alpha value is -1.24. The highest BCUT2D eigenvalue weighted by molar-refractivity contribution is 5.26. The standard InChI is InChI=1S/C17H24O/c1-4-5-15-12-17(11-8-14(15)3)18-16-9-6-13(2)7-10-16/h6-7,9-10,15,17H,3-5,8,11-12H2,1-2H3. The van der Waals surface area contributed by atoms with E-state index in [9.17, 15) is 0 Å². The third kappa shape index (κ3) is 3.38. The van der Waals surface area contributed by atoms with Crippen LogP contribution in [0.25, 0.3) is 0 Å². The summed E-state index contributed by atoms with van der Waals surface area (Å²) in [4.78, 5) is 0. The number of hydrogen-bond acceptors (Lipinski definition) is 1. The van der Waals surface area contributed by atoms with Crippen molar-refractivity contribution in [3.63, 3.8) is 0 Å². The lowest BCUT2D eigenvalue weighted by Crippen LogP contribution is -2.26. The summed E-state index contributed by atoms with van der Waals surface area (Å²) in [6.45, 7) is 8.56. The molecule has 0 saturated heterocycles. The number of benzene rings is 1. The van der Waals surface area contributed by atoms with E-state index in [-0.39, 0.29) is 0 Å². The van der Waals surface area contributed by atoms with Crippen molar-refractivity contribution >= 4 is 0 Å². The van der Waals surface area contributed by atoms with Crippen molar-refractivity contribution in [1.29, 1.82) is 0 Å². The van der Waals surface area contributed by atoms with Crippen molar-refractivity contribution < 1.29 is 4.74 Å². The van der Waals surface area contributed by atoms with E-state index in [4.69, 9.17) is 4.74 Å². The van der Waals surface area contributed by atoms with Crippen molar-refractivity contribution in [2.24, 2.45) is 5.92 Å². The van der Waals surface area contributed by atoms with Gasteiger partial charge in [0.2, 0.25) is 0 Å². The molecule has 0 heterocycles. The first-order valence-electron chi connectivity index (χ1n) is 7.10. The predicted octanol–water partition coefficient (Wildman–Crippen LogP) is 4.90. The largest absolute Gasteiger partial charge is 0.490 e. The molecule has 0 bridgehead atoms. The Morgan fingerprint density at radius 1 is 1.28 bits per heavy atom. The van der Waals surface area contributed by atoms with Gasteiger partial charge in [-0.2, -0.15) is 0 Å². The Morgan fingerprint density at radius 3 is 2.67 bits per heavy atom. The first kappa shape index (κ1) is 13.2. The normalized spacial score (nSPS) is 24.0. The molecule has 0 amide bonds. The average Bonchev–Trinajstić information content (AvgIpc) is 2.37. The second-order valence-electron chi connectivity index (χ2n) is 5.47. The minimum Gasteiger partial charge on any atom is -0.490 e. The van der Waals surface area contributed by atoms with Crippen molar-refractivity contribution in [2.45, 2.75) is 52.1 Å². The maximum atomic E-state index is 6.09. The third-order valence-corrected chi connectivity index (χ3v) is 3.87. The number of allylic oxidation sites excluding steroid dienone is 1. The van der Waals surface area contributed by atoms with Gasteiger partial charge in [-0.15, -0.1) is 0 Å². The van der Waals surface area contributed by atoms with Gasteiger partial charge in [-0.3, -0.25) is 0 Å². The van der Waals surface area contributed by atoms with Crippen LogP contribution in [0.1, 0.15) is 44.6 Å². The molecule has 0 radical (unpaired) electrons. The zero-order chi connectivity index (χ0) is 13.0. The Morgan fingerprint density at radius 2 is 2.00 bits per heavy atom. The van der Waals surface area contributed by atoms with Crippen LogP contribution < -0.4 is 4.74 Å². The minimum absolute atomic E-state index is 0.370. The molecule has 1 aliphatic rings. The smallest absolute Gasteiger partial charge is 0.119 e. The van der Waals surface area contributed by atoms with Gasteiger partial charge in [-0.05, 0) is 50.7 Å². The van der Waals surface area contributed by atoms with E-state index in [0.717, 1.165) is 25.0 Å². The zero-order valence-corrected chi connectivity index (χ0v) is 11.6. The van der Waals surface area contributed by atoms with Crippen molar-refractivity contribution in [1.82, 2.24) is 0 Å². The molecule has 2 unspecified atom stereocenters. The molecule has 1 fully saturated rings. The Labute approximate surface area is 111 Å². The number of rotatable bonds is 4. The SMILES string of the molecule is C=C1CCC(Oc2ccc(C)cc2)CC1CCC.